The number of rotatable bonds is 7. The maximum Gasteiger partial charge on any atom is 0.411 e. The molecule has 2 aromatic carbocycles. The van der Waals surface area contributed by atoms with E-state index in [9.17, 15) is 14.0 Å². The Morgan fingerprint density at radius 1 is 1.16 bits per heavy atom. The first-order valence-electron chi connectivity index (χ1n) is 10.4. The highest BCUT2D eigenvalue weighted by Crippen LogP contribution is 2.23. The molecule has 0 bridgehead atoms. The van der Waals surface area contributed by atoms with E-state index in [1.807, 2.05) is 0 Å². The van der Waals surface area contributed by atoms with Crippen LogP contribution in [0, 0.1) is 11.7 Å². The zero-order valence-electron chi connectivity index (χ0n) is 17.1. The molecule has 0 unspecified atom stereocenters. The van der Waals surface area contributed by atoms with Crippen molar-refractivity contribution in [1.82, 2.24) is 10.1 Å². The van der Waals surface area contributed by atoms with Crippen LogP contribution in [-0.4, -0.2) is 48.2 Å². The van der Waals surface area contributed by atoms with Crippen LogP contribution in [0.5, 0.6) is 0 Å². The number of nitrogens with one attached hydrogen (secondary N) is 1. The van der Waals surface area contributed by atoms with E-state index in [0.29, 0.717) is 29.9 Å². The van der Waals surface area contributed by atoms with Crippen molar-refractivity contribution in [2.75, 3.05) is 31.6 Å². The number of benzene rings is 2. The minimum Gasteiger partial charge on any atom is -0.449 e. The maximum absolute atomic E-state index is 13.0. The van der Waals surface area contributed by atoms with E-state index < -0.39 is 6.09 Å². The van der Waals surface area contributed by atoms with Gasteiger partial charge in [-0.2, -0.15) is 0 Å². The molecule has 0 radical (unpaired) electrons. The van der Waals surface area contributed by atoms with Gasteiger partial charge in [0.1, 0.15) is 5.82 Å². The molecular weight excluding hydrogens is 401 g/mol. The molecule has 1 N–H and O–H groups in total. The Balaban J connectivity index is 1.15. The summed E-state index contributed by atoms with van der Waals surface area (Å²) in [5.41, 5.74) is 1.76. The number of aromatic nitrogens is 1. The Morgan fingerprint density at radius 2 is 1.94 bits per heavy atom. The molecule has 4 rings (SSSR count). The van der Waals surface area contributed by atoms with Crippen molar-refractivity contribution >= 4 is 28.5 Å². The molecule has 1 aliphatic rings. The number of piperidine rings is 1. The molecule has 7 nitrogen and oxygen atoms in total. The van der Waals surface area contributed by atoms with E-state index in [-0.39, 0.29) is 17.5 Å². The van der Waals surface area contributed by atoms with Crippen LogP contribution in [0.25, 0.3) is 11.0 Å². The van der Waals surface area contributed by atoms with Crippen molar-refractivity contribution in [3.05, 3.63) is 60.0 Å². The predicted octanol–water partition coefficient (Wildman–Crippen LogP) is 4.50. The van der Waals surface area contributed by atoms with Gasteiger partial charge >= 0.3 is 6.09 Å². The van der Waals surface area contributed by atoms with Crippen LogP contribution in [0.3, 0.4) is 0 Å². The minimum absolute atomic E-state index is 0.0242. The second-order valence-electron chi connectivity index (χ2n) is 7.64. The van der Waals surface area contributed by atoms with E-state index in [0.717, 1.165) is 37.9 Å². The van der Waals surface area contributed by atoms with Gasteiger partial charge in [-0.15, -0.1) is 0 Å². The Labute approximate surface area is 179 Å². The van der Waals surface area contributed by atoms with Gasteiger partial charge in [-0.1, -0.05) is 11.2 Å². The van der Waals surface area contributed by atoms with Crippen LogP contribution in [0.1, 0.15) is 29.6 Å². The van der Waals surface area contributed by atoms with Gasteiger partial charge in [0.25, 0.3) is 0 Å². The SMILES string of the molecule is O=C(Nc1cccc2oncc12)OCCCN1CCC(C(=O)c2ccc(F)cc2)CC1. The van der Waals surface area contributed by atoms with Crippen molar-refractivity contribution in [3.63, 3.8) is 0 Å². The number of fused-ring (bicyclic) bond motifs is 1. The second-order valence-corrected chi connectivity index (χ2v) is 7.64. The maximum atomic E-state index is 13.0. The van der Waals surface area contributed by atoms with Crippen molar-refractivity contribution < 1.29 is 23.2 Å². The molecule has 1 amide bonds. The largest absolute Gasteiger partial charge is 0.449 e. The number of carbonyl (C=O) groups is 2. The third kappa shape index (κ3) is 5.27. The van der Waals surface area contributed by atoms with Gasteiger partial charge in [-0.05, 0) is 68.8 Å². The van der Waals surface area contributed by atoms with Crippen molar-refractivity contribution in [2.45, 2.75) is 19.3 Å². The van der Waals surface area contributed by atoms with Crippen LogP contribution in [0.2, 0.25) is 0 Å². The summed E-state index contributed by atoms with van der Waals surface area (Å²) in [5.74, 6) is -0.274. The molecular formula is C23H24FN3O4. The number of carbonyl (C=O) groups excluding carboxylic acids is 2. The van der Waals surface area contributed by atoms with Gasteiger partial charge in [0.15, 0.2) is 11.4 Å². The summed E-state index contributed by atoms with van der Waals surface area (Å²) in [6.07, 6.45) is 3.30. The summed E-state index contributed by atoms with van der Waals surface area (Å²) in [7, 11) is 0. The van der Waals surface area contributed by atoms with Gasteiger partial charge in [0.05, 0.1) is 23.9 Å². The smallest absolute Gasteiger partial charge is 0.411 e. The van der Waals surface area contributed by atoms with E-state index in [1.54, 1.807) is 36.5 Å². The number of anilines is 1. The fourth-order valence-electron chi connectivity index (χ4n) is 3.87. The molecule has 3 aromatic rings. The van der Waals surface area contributed by atoms with E-state index in [1.165, 1.54) is 12.1 Å². The molecule has 8 heteroatoms. The first-order chi connectivity index (χ1) is 15.1. The van der Waals surface area contributed by atoms with Crippen LogP contribution in [0.15, 0.2) is 53.2 Å². The quantitative estimate of drug-likeness (QED) is 0.443. The Morgan fingerprint density at radius 3 is 2.71 bits per heavy atom. The number of Topliss-reactive ketones (excluding diaryl/α,β-unsaturated/α-hetero) is 1. The number of hydrogen-bond acceptors (Lipinski definition) is 6. The van der Waals surface area contributed by atoms with Crippen LogP contribution < -0.4 is 5.32 Å². The van der Waals surface area contributed by atoms with Crippen LogP contribution in [-0.2, 0) is 4.74 Å². The number of ether oxygens (including phenoxy) is 1. The summed E-state index contributed by atoms with van der Waals surface area (Å²) < 4.78 is 23.4. The molecule has 0 saturated carbocycles. The van der Waals surface area contributed by atoms with Gasteiger partial charge in [0, 0.05) is 18.0 Å². The first kappa shape index (κ1) is 21.0. The van der Waals surface area contributed by atoms with Crippen molar-refractivity contribution in [3.8, 4) is 0 Å². The Kier molecular flexibility index (Phi) is 6.57. The highest BCUT2D eigenvalue weighted by atomic mass is 19.1. The van der Waals surface area contributed by atoms with Crippen molar-refractivity contribution in [2.24, 2.45) is 5.92 Å². The van der Waals surface area contributed by atoms with E-state index in [4.69, 9.17) is 9.26 Å². The van der Waals surface area contributed by atoms with Gasteiger partial charge in [-0.3, -0.25) is 10.1 Å². The normalized spacial score (nSPS) is 15.1. The molecule has 0 atom stereocenters. The summed E-state index contributed by atoms with van der Waals surface area (Å²) in [6.45, 7) is 2.74. The highest BCUT2D eigenvalue weighted by Gasteiger charge is 2.25. The van der Waals surface area contributed by atoms with Crippen molar-refractivity contribution in [1.29, 1.82) is 0 Å². The third-order valence-corrected chi connectivity index (χ3v) is 5.57. The molecule has 1 fully saturated rings. The Bertz CT molecular complexity index is 1040. The molecule has 0 aliphatic carbocycles. The minimum atomic E-state index is -0.516. The average molecular weight is 425 g/mol. The molecule has 0 spiro atoms. The standard InChI is InChI=1S/C23H24FN3O4/c24-18-7-5-16(6-8-18)22(28)17-9-12-27(13-10-17)11-2-14-30-23(29)26-20-3-1-4-21-19(20)15-25-31-21/h1,3-8,15,17H,2,9-14H2,(H,26,29). The number of ketones is 1. The van der Waals surface area contributed by atoms with Crippen LogP contribution in [0.4, 0.5) is 14.9 Å². The lowest BCUT2D eigenvalue weighted by molar-refractivity contribution is 0.0830. The topological polar surface area (TPSA) is 84.7 Å². The fraction of sp³-hybridized carbons (Fsp3) is 0.348. The zero-order valence-corrected chi connectivity index (χ0v) is 17.1. The summed E-state index contributed by atoms with van der Waals surface area (Å²) in [4.78, 5) is 26.9. The summed E-state index contributed by atoms with van der Waals surface area (Å²) in [5, 5.41) is 7.16. The molecule has 162 valence electrons. The lowest BCUT2D eigenvalue weighted by Crippen LogP contribution is -2.37. The van der Waals surface area contributed by atoms with E-state index in [2.05, 4.69) is 15.4 Å². The molecule has 1 aromatic heterocycles. The highest BCUT2D eigenvalue weighted by molar-refractivity contribution is 5.98. The molecule has 1 saturated heterocycles. The Hall–Kier alpha value is -3.26. The number of nitrogens with zero attached hydrogens (tertiary/aromatic N) is 2. The monoisotopic (exact) mass is 425 g/mol. The average Bonchev–Trinajstić information content (AvgIpc) is 3.27. The fourth-order valence-corrected chi connectivity index (χ4v) is 3.87. The zero-order chi connectivity index (χ0) is 21.6. The number of hydrogen-bond donors (Lipinski definition) is 1. The van der Waals surface area contributed by atoms with Gasteiger partial charge in [0.2, 0.25) is 0 Å². The summed E-state index contributed by atoms with van der Waals surface area (Å²) in [6, 6.07) is 11.1. The first-order valence-corrected chi connectivity index (χ1v) is 10.4. The van der Waals surface area contributed by atoms with E-state index >= 15 is 0 Å². The lowest BCUT2D eigenvalue weighted by atomic mass is 9.89. The molecule has 1 aliphatic heterocycles. The third-order valence-electron chi connectivity index (χ3n) is 5.57. The molecule has 2 heterocycles. The van der Waals surface area contributed by atoms with Gasteiger partial charge < -0.3 is 14.2 Å². The predicted molar refractivity (Wildman–Crippen MR) is 113 cm³/mol. The number of amides is 1. The summed E-state index contributed by atoms with van der Waals surface area (Å²) >= 11 is 0. The number of halogens is 1. The number of likely N-dealkylation sites (tertiary alicyclic amines) is 1. The molecule has 31 heavy (non-hydrogen) atoms. The van der Waals surface area contributed by atoms with Crippen LogP contribution >= 0.6 is 0 Å². The second kappa shape index (κ2) is 9.70. The lowest BCUT2D eigenvalue weighted by Gasteiger charge is -2.31. The van der Waals surface area contributed by atoms with Gasteiger partial charge in [-0.25, -0.2) is 9.18 Å².